The molecule has 2 N–H and O–H groups in total. The van der Waals surface area contributed by atoms with Crippen molar-refractivity contribution in [2.24, 2.45) is 4.99 Å². The lowest BCUT2D eigenvalue weighted by atomic mass is 10.2. The lowest BCUT2D eigenvalue weighted by Crippen LogP contribution is -2.45. The van der Waals surface area contributed by atoms with E-state index in [4.69, 9.17) is 16.3 Å². The number of unbranched alkanes of at least 4 members (excludes halogenated alkanes) is 1. The number of rotatable bonds is 10. The standard InChI is InChI=1S/C23H32ClN5O.HI/c1-25-23(27-13-5-6-16-30-17-12-19-8-3-2-4-9-19)28-20-11-15-29(18-20)22-21(24)10-7-14-26-22;/h2-4,7-10,14,20H,5-6,11-13,15-18H2,1H3,(H2,25,27,28);1H. The Hall–Kier alpha value is -1.58. The Balaban J connectivity index is 0.00000341. The maximum atomic E-state index is 6.28. The molecule has 0 radical (unpaired) electrons. The third-order valence-corrected chi connectivity index (χ3v) is 5.47. The summed E-state index contributed by atoms with van der Waals surface area (Å²) in [7, 11) is 1.81. The smallest absolute Gasteiger partial charge is 0.191 e. The molecule has 1 fully saturated rings. The molecule has 2 heterocycles. The number of nitrogens with one attached hydrogen (secondary N) is 2. The van der Waals surface area contributed by atoms with Gasteiger partial charge >= 0.3 is 0 Å². The van der Waals surface area contributed by atoms with Crippen LogP contribution in [0.15, 0.2) is 53.7 Å². The van der Waals surface area contributed by atoms with Gasteiger partial charge in [-0.2, -0.15) is 0 Å². The number of ether oxygens (including phenoxy) is 1. The average molecular weight is 558 g/mol. The first-order valence-electron chi connectivity index (χ1n) is 10.7. The topological polar surface area (TPSA) is 61.8 Å². The number of pyridine rings is 1. The summed E-state index contributed by atoms with van der Waals surface area (Å²) in [5, 5.41) is 7.61. The molecule has 2 aromatic rings. The van der Waals surface area contributed by atoms with E-state index in [0.29, 0.717) is 11.1 Å². The summed E-state index contributed by atoms with van der Waals surface area (Å²) in [6.07, 6.45) is 5.87. The van der Waals surface area contributed by atoms with Crippen molar-refractivity contribution in [1.29, 1.82) is 0 Å². The number of nitrogens with zero attached hydrogens (tertiary/aromatic N) is 3. The zero-order chi connectivity index (χ0) is 21.0. The van der Waals surface area contributed by atoms with E-state index < -0.39 is 0 Å². The van der Waals surface area contributed by atoms with Crippen molar-refractivity contribution in [3.63, 3.8) is 0 Å². The summed E-state index contributed by atoms with van der Waals surface area (Å²) in [5.41, 5.74) is 1.32. The third-order valence-electron chi connectivity index (χ3n) is 5.18. The second-order valence-electron chi connectivity index (χ2n) is 7.44. The second-order valence-corrected chi connectivity index (χ2v) is 7.85. The average Bonchev–Trinajstić information content (AvgIpc) is 3.24. The highest BCUT2D eigenvalue weighted by Crippen LogP contribution is 2.25. The van der Waals surface area contributed by atoms with Crippen molar-refractivity contribution in [3.05, 3.63) is 59.2 Å². The van der Waals surface area contributed by atoms with Crippen molar-refractivity contribution in [1.82, 2.24) is 15.6 Å². The van der Waals surface area contributed by atoms with Gasteiger partial charge in [0.2, 0.25) is 0 Å². The van der Waals surface area contributed by atoms with E-state index in [1.54, 1.807) is 6.20 Å². The van der Waals surface area contributed by atoms with E-state index in [-0.39, 0.29) is 24.0 Å². The maximum Gasteiger partial charge on any atom is 0.191 e. The normalized spacial score (nSPS) is 16.1. The van der Waals surface area contributed by atoms with Crippen molar-refractivity contribution < 1.29 is 4.74 Å². The fraction of sp³-hybridized carbons (Fsp3) is 0.478. The van der Waals surface area contributed by atoms with Gasteiger partial charge in [-0.25, -0.2) is 4.98 Å². The molecule has 0 spiro atoms. The molecule has 1 unspecified atom stereocenters. The molecule has 3 rings (SSSR count). The Labute approximate surface area is 207 Å². The summed E-state index contributed by atoms with van der Waals surface area (Å²) in [5.74, 6) is 1.71. The molecule has 31 heavy (non-hydrogen) atoms. The number of anilines is 1. The van der Waals surface area contributed by atoms with Crippen LogP contribution in [0.5, 0.6) is 0 Å². The van der Waals surface area contributed by atoms with Crippen LogP contribution in [0.25, 0.3) is 0 Å². The van der Waals surface area contributed by atoms with E-state index >= 15 is 0 Å². The SMILES string of the molecule is CN=C(NCCCCOCCc1ccccc1)NC1CCN(c2ncccc2Cl)C1.I. The van der Waals surface area contributed by atoms with Gasteiger partial charge in [-0.1, -0.05) is 41.9 Å². The van der Waals surface area contributed by atoms with Crippen molar-refractivity contribution in [3.8, 4) is 0 Å². The summed E-state index contributed by atoms with van der Waals surface area (Å²) >= 11 is 6.28. The minimum Gasteiger partial charge on any atom is -0.381 e. The van der Waals surface area contributed by atoms with Crippen LogP contribution in [0.4, 0.5) is 5.82 Å². The van der Waals surface area contributed by atoms with Gasteiger partial charge in [0.05, 0.1) is 11.6 Å². The molecule has 0 saturated carbocycles. The fourth-order valence-electron chi connectivity index (χ4n) is 3.54. The van der Waals surface area contributed by atoms with Crippen LogP contribution in [-0.4, -0.2) is 56.9 Å². The van der Waals surface area contributed by atoms with Crippen LogP contribution < -0.4 is 15.5 Å². The predicted octanol–water partition coefficient (Wildman–Crippen LogP) is 4.14. The maximum absolute atomic E-state index is 6.28. The van der Waals surface area contributed by atoms with Gasteiger partial charge in [-0.15, -0.1) is 24.0 Å². The molecule has 1 saturated heterocycles. The molecule has 1 aromatic carbocycles. The molecular weight excluding hydrogens is 525 g/mol. The molecule has 8 heteroatoms. The summed E-state index contributed by atoms with van der Waals surface area (Å²) < 4.78 is 5.75. The summed E-state index contributed by atoms with van der Waals surface area (Å²) in [6, 6.07) is 14.5. The first-order chi connectivity index (χ1) is 14.8. The molecule has 0 aliphatic carbocycles. The Bertz CT molecular complexity index is 793. The Morgan fingerprint density at radius 2 is 2.03 bits per heavy atom. The molecule has 0 bridgehead atoms. The number of aromatic nitrogens is 1. The number of hydrogen-bond donors (Lipinski definition) is 2. The summed E-state index contributed by atoms with van der Waals surface area (Å²) in [6.45, 7) is 4.25. The van der Waals surface area contributed by atoms with Gasteiger partial charge < -0.3 is 20.3 Å². The Kier molecular flexibility index (Phi) is 12.0. The zero-order valence-electron chi connectivity index (χ0n) is 18.1. The van der Waals surface area contributed by atoms with Crippen LogP contribution in [0, 0.1) is 0 Å². The molecule has 0 amide bonds. The van der Waals surface area contributed by atoms with Crippen molar-refractivity contribution >= 4 is 47.4 Å². The van der Waals surface area contributed by atoms with Crippen LogP contribution in [-0.2, 0) is 11.2 Å². The highest BCUT2D eigenvalue weighted by Gasteiger charge is 2.25. The lowest BCUT2D eigenvalue weighted by molar-refractivity contribution is 0.133. The van der Waals surface area contributed by atoms with Gasteiger partial charge in [-0.3, -0.25) is 4.99 Å². The highest BCUT2D eigenvalue weighted by molar-refractivity contribution is 14.0. The molecular formula is C23H33ClIN5O. The molecule has 170 valence electrons. The Morgan fingerprint density at radius 1 is 1.19 bits per heavy atom. The zero-order valence-corrected chi connectivity index (χ0v) is 21.2. The monoisotopic (exact) mass is 557 g/mol. The Morgan fingerprint density at radius 3 is 2.81 bits per heavy atom. The van der Waals surface area contributed by atoms with E-state index in [0.717, 1.165) is 70.3 Å². The van der Waals surface area contributed by atoms with Crippen molar-refractivity contribution in [2.45, 2.75) is 31.7 Å². The van der Waals surface area contributed by atoms with Crippen LogP contribution in [0.3, 0.4) is 0 Å². The molecule has 1 aliphatic rings. The molecule has 6 nitrogen and oxygen atoms in total. The highest BCUT2D eigenvalue weighted by atomic mass is 127. The van der Waals surface area contributed by atoms with Gasteiger partial charge in [0, 0.05) is 45.5 Å². The van der Waals surface area contributed by atoms with E-state index in [1.807, 2.05) is 25.2 Å². The second kappa shape index (κ2) is 14.5. The van der Waals surface area contributed by atoms with Crippen molar-refractivity contribution in [2.75, 3.05) is 44.8 Å². The molecule has 1 aromatic heterocycles. The quantitative estimate of drug-likeness (QED) is 0.199. The first kappa shape index (κ1) is 25.7. The van der Waals surface area contributed by atoms with Crippen LogP contribution in [0.1, 0.15) is 24.8 Å². The summed E-state index contributed by atoms with van der Waals surface area (Å²) in [4.78, 5) is 11.0. The van der Waals surface area contributed by atoms with Gasteiger partial charge in [0.15, 0.2) is 5.96 Å². The predicted molar refractivity (Wildman–Crippen MR) is 140 cm³/mol. The number of guanidine groups is 1. The van der Waals surface area contributed by atoms with E-state index in [2.05, 4.69) is 49.8 Å². The van der Waals surface area contributed by atoms with Gasteiger partial charge in [0.25, 0.3) is 0 Å². The number of halogens is 2. The first-order valence-corrected chi connectivity index (χ1v) is 11.1. The largest absolute Gasteiger partial charge is 0.381 e. The number of aliphatic imine (C=N–C) groups is 1. The van der Waals surface area contributed by atoms with E-state index in [1.165, 1.54) is 5.56 Å². The van der Waals surface area contributed by atoms with Gasteiger partial charge in [-0.05, 0) is 43.4 Å². The minimum atomic E-state index is 0. The van der Waals surface area contributed by atoms with Gasteiger partial charge in [0.1, 0.15) is 5.82 Å². The third kappa shape index (κ3) is 8.82. The molecule has 1 atom stereocenters. The van der Waals surface area contributed by atoms with Crippen LogP contribution >= 0.6 is 35.6 Å². The van der Waals surface area contributed by atoms with Crippen LogP contribution in [0.2, 0.25) is 5.02 Å². The number of hydrogen-bond acceptors (Lipinski definition) is 4. The lowest BCUT2D eigenvalue weighted by Gasteiger charge is -2.20. The minimum absolute atomic E-state index is 0. The number of benzene rings is 1. The fourth-order valence-corrected chi connectivity index (χ4v) is 3.78. The molecule has 1 aliphatic heterocycles. The van der Waals surface area contributed by atoms with E-state index in [9.17, 15) is 0 Å².